The number of nitrogens with one attached hydrogen (secondary N) is 2. The van der Waals surface area contributed by atoms with E-state index in [9.17, 15) is 18.5 Å². The molecule has 10 heteroatoms. The zero-order valence-corrected chi connectivity index (χ0v) is 10.9. The third kappa shape index (κ3) is 3.24. The van der Waals surface area contributed by atoms with Gasteiger partial charge in [-0.25, -0.2) is 13.4 Å². The van der Waals surface area contributed by atoms with Crippen LogP contribution in [0.3, 0.4) is 0 Å². The molecule has 1 heterocycles. The minimum atomic E-state index is -3.73. The maximum Gasteiger partial charge on any atom is 0.345 e. The van der Waals surface area contributed by atoms with E-state index in [1.807, 2.05) is 0 Å². The fourth-order valence-corrected chi connectivity index (χ4v) is 2.69. The second-order valence-corrected chi connectivity index (χ2v) is 6.00. The van der Waals surface area contributed by atoms with Gasteiger partial charge in [0.05, 0.1) is 9.82 Å². The topological polar surface area (TPSA) is 114 Å². The Kier molecular flexibility index (Phi) is 3.74. The number of hydrogen-bond acceptors (Lipinski definition) is 7. The number of anilines is 1. The zero-order chi connectivity index (χ0) is 13.9. The summed E-state index contributed by atoms with van der Waals surface area (Å²) >= 11 is 0.729. The van der Waals surface area contributed by atoms with E-state index in [1.54, 1.807) is 18.2 Å². The Hall–Kier alpha value is -2.04. The SMILES string of the molecule is O=[N+]([O-])c1cnc(NNS(=O)(=O)c2ccccc2)s1. The van der Waals surface area contributed by atoms with Crippen molar-refractivity contribution < 1.29 is 13.3 Å². The van der Waals surface area contributed by atoms with Crippen molar-refractivity contribution in [3.05, 3.63) is 46.6 Å². The van der Waals surface area contributed by atoms with Crippen LogP contribution in [0.2, 0.25) is 0 Å². The Bertz CT molecular complexity index is 683. The number of benzene rings is 1. The summed E-state index contributed by atoms with van der Waals surface area (Å²) in [6.07, 6.45) is 1.05. The van der Waals surface area contributed by atoms with E-state index in [-0.39, 0.29) is 15.0 Å². The predicted octanol–water partition coefficient (Wildman–Crippen LogP) is 1.36. The molecule has 2 aromatic rings. The van der Waals surface area contributed by atoms with E-state index in [4.69, 9.17) is 0 Å². The molecule has 0 fully saturated rings. The number of nitrogens with zero attached hydrogens (tertiary/aromatic N) is 2. The van der Waals surface area contributed by atoms with Gasteiger partial charge in [0.25, 0.3) is 10.0 Å². The molecule has 1 aromatic carbocycles. The Morgan fingerprint density at radius 2 is 1.95 bits per heavy atom. The van der Waals surface area contributed by atoms with Crippen molar-refractivity contribution in [3.8, 4) is 0 Å². The highest BCUT2D eigenvalue weighted by molar-refractivity contribution is 7.89. The molecule has 0 saturated carbocycles. The molecule has 0 atom stereocenters. The fourth-order valence-electron chi connectivity index (χ4n) is 1.18. The van der Waals surface area contributed by atoms with Crippen molar-refractivity contribution in [2.45, 2.75) is 4.90 Å². The van der Waals surface area contributed by atoms with E-state index in [2.05, 4.69) is 15.2 Å². The lowest BCUT2D eigenvalue weighted by atomic mass is 10.4. The summed E-state index contributed by atoms with van der Waals surface area (Å²) in [4.78, 5) is 15.7. The second kappa shape index (κ2) is 5.30. The van der Waals surface area contributed by atoms with Crippen LogP contribution in [0.15, 0.2) is 41.4 Å². The van der Waals surface area contributed by atoms with Crippen molar-refractivity contribution in [2.75, 3.05) is 5.43 Å². The van der Waals surface area contributed by atoms with Gasteiger partial charge in [0, 0.05) is 0 Å². The smallest absolute Gasteiger partial charge is 0.283 e. The Labute approximate surface area is 112 Å². The monoisotopic (exact) mass is 300 g/mol. The van der Waals surface area contributed by atoms with Gasteiger partial charge in [-0.05, 0) is 23.5 Å². The first-order chi connectivity index (χ1) is 8.99. The van der Waals surface area contributed by atoms with Crippen LogP contribution in [0.1, 0.15) is 0 Å². The molecule has 0 spiro atoms. The van der Waals surface area contributed by atoms with Crippen molar-refractivity contribution in [2.24, 2.45) is 0 Å². The molecule has 0 aliphatic rings. The summed E-state index contributed by atoms with van der Waals surface area (Å²) in [6.45, 7) is 0. The lowest BCUT2D eigenvalue weighted by Crippen LogP contribution is -2.29. The normalized spacial score (nSPS) is 11.2. The molecule has 0 bridgehead atoms. The molecule has 19 heavy (non-hydrogen) atoms. The van der Waals surface area contributed by atoms with Crippen molar-refractivity contribution in [1.29, 1.82) is 0 Å². The lowest BCUT2D eigenvalue weighted by molar-refractivity contribution is -0.380. The third-order valence-electron chi connectivity index (χ3n) is 2.02. The molecule has 2 N–H and O–H groups in total. The van der Waals surface area contributed by atoms with E-state index in [1.165, 1.54) is 12.1 Å². The van der Waals surface area contributed by atoms with E-state index in [0.717, 1.165) is 17.5 Å². The third-order valence-corrected chi connectivity index (χ3v) is 4.15. The largest absolute Gasteiger partial charge is 0.345 e. The van der Waals surface area contributed by atoms with Gasteiger partial charge in [-0.1, -0.05) is 18.2 Å². The van der Waals surface area contributed by atoms with Crippen LogP contribution in [-0.4, -0.2) is 18.3 Å². The van der Waals surface area contributed by atoms with Crippen molar-refractivity contribution in [3.63, 3.8) is 0 Å². The predicted molar refractivity (Wildman–Crippen MR) is 69.2 cm³/mol. The van der Waals surface area contributed by atoms with Gasteiger partial charge in [-0.3, -0.25) is 15.5 Å². The minimum Gasteiger partial charge on any atom is -0.283 e. The first-order valence-corrected chi connectivity index (χ1v) is 7.22. The molecular formula is C9H8N4O4S2. The van der Waals surface area contributed by atoms with Crippen LogP contribution < -0.4 is 10.3 Å². The van der Waals surface area contributed by atoms with Crippen LogP contribution in [-0.2, 0) is 10.0 Å². The van der Waals surface area contributed by atoms with Gasteiger partial charge in [0.15, 0.2) is 0 Å². The first-order valence-electron chi connectivity index (χ1n) is 4.92. The number of sulfonamides is 1. The van der Waals surface area contributed by atoms with Gasteiger partial charge < -0.3 is 0 Å². The second-order valence-electron chi connectivity index (χ2n) is 3.30. The van der Waals surface area contributed by atoms with Crippen LogP contribution in [0.5, 0.6) is 0 Å². The lowest BCUT2D eigenvalue weighted by Gasteiger charge is -2.06. The van der Waals surface area contributed by atoms with Crippen LogP contribution in [0, 0.1) is 10.1 Å². The van der Waals surface area contributed by atoms with E-state index >= 15 is 0 Å². The average Bonchev–Trinajstić information content (AvgIpc) is 2.87. The van der Waals surface area contributed by atoms with Gasteiger partial charge in [-0.2, -0.15) is 0 Å². The number of hydrazine groups is 1. The zero-order valence-electron chi connectivity index (χ0n) is 9.31. The number of thiazole rings is 1. The van der Waals surface area contributed by atoms with Crippen molar-refractivity contribution >= 4 is 31.5 Å². The average molecular weight is 300 g/mol. The highest BCUT2D eigenvalue weighted by atomic mass is 32.2. The van der Waals surface area contributed by atoms with Gasteiger partial charge in [-0.15, -0.1) is 4.83 Å². The highest BCUT2D eigenvalue weighted by Crippen LogP contribution is 2.24. The minimum absolute atomic E-state index is 0.0774. The summed E-state index contributed by atoms with van der Waals surface area (Å²) in [5.41, 5.74) is 2.32. The molecule has 0 aliphatic carbocycles. The molecule has 0 saturated heterocycles. The van der Waals surface area contributed by atoms with Crippen molar-refractivity contribution in [1.82, 2.24) is 9.82 Å². The summed E-state index contributed by atoms with van der Waals surface area (Å²) < 4.78 is 23.6. The van der Waals surface area contributed by atoms with Gasteiger partial charge in [0.2, 0.25) is 5.13 Å². The van der Waals surface area contributed by atoms with Crippen LogP contribution >= 0.6 is 11.3 Å². The van der Waals surface area contributed by atoms with Crippen LogP contribution in [0.4, 0.5) is 10.1 Å². The summed E-state index contributed by atoms with van der Waals surface area (Å²) in [6, 6.07) is 7.71. The number of aromatic nitrogens is 1. The molecule has 0 unspecified atom stereocenters. The van der Waals surface area contributed by atoms with Gasteiger partial charge in [0.1, 0.15) is 6.20 Å². The quantitative estimate of drug-likeness (QED) is 0.636. The standard InChI is InChI=1S/C9H8N4O4S2/c14-13(15)8-6-10-9(18-8)11-12-19(16,17)7-4-2-1-3-5-7/h1-6,12H,(H,10,11). The maximum atomic E-state index is 11.8. The van der Waals surface area contributed by atoms with Crippen LogP contribution in [0.25, 0.3) is 0 Å². The fraction of sp³-hybridized carbons (Fsp3) is 0. The Morgan fingerprint density at radius 3 is 2.53 bits per heavy atom. The number of nitro groups is 1. The molecule has 100 valence electrons. The molecule has 0 radical (unpaired) electrons. The molecule has 2 rings (SSSR count). The molecule has 8 nitrogen and oxygen atoms in total. The highest BCUT2D eigenvalue weighted by Gasteiger charge is 2.15. The molecule has 0 aliphatic heterocycles. The Morgan fingerprint density at radius 1 is 1.26 bits per heavy atom. The summed E-state index contributed by atoms with van der Waals surface area (Å²) in [5, 5.41) is 10.4. The number of hydrogen-bond donors (Lipinski definition) is 2. The molecule has 1 aromatic heterocycles. The van der Waals surface area contributed by atoms with Gasteiger partial charge >= 0.3 is 5.00 Å². The van der Waals surface area contributed by atoms with E-state index in [0.29, 0.717) is 0 Å². The Balaban J connectivity index is 2.08. The van der Waals surface area contributed by atoms with E-state index < -0.39 is 14.9 Å². The molecule has 0 amide bonds. The molecular weight excluding hydrogens is 292 g/mol. The first kappa shape index (κ1) is 13.4. The summed E-state index contributed by atoms with van der Waals surface area (Å²) in [7, 11) is -3.73. The maximum absolute atomic E-state index is 11.8. The number of rotatable bonds is 5. The summed E-state index contributed by atoms with van der Waals surface area (Å²) in [5.74, 6) is 0.